The number of nitro benzene ring substituents is 1. The maximum Gasteiger partial charge on any atom is 0.355 e. The fraction of sp³-hybridized carbons (Fsp3) is 0.226. The molecule has 0 aliphatic carbocycles. The zero-order chi connectivity index (χ0) is 31.8. The van der Waals surface area contributed by atoms with Gasteiger partial charge in [0, 0.05) is 30.3 Å². The number of nitrogens with one attached hydrogen (secondary N) is 1. The highest BCUT2D eigenvalue weighted by molar-refractivity contribution is 7.12. The highest BCUT2D eigenvalue weighted by Gasteiger charge is 2.39. The Balaban J connectivity index is 1.60. The lowest BCUT2D eigenvalue weighted by Gasteiger charge is -2.39. The molecule has 0 fully saturated rings. The molecule has 11 nitrogen and oxygen atoms in total. The Morgan fingerprint density at radius 1 is 1.02 bits per heavy atom. The normalized spacial score (nSPS) is 13.5. The van der Waals surface area contributed by atoms with Crippen LogP contribution in [0.4, 0.5) is 17.1 Å². The molecule has 3 aromatic carbocycles. The first-order valence-electron chi connectivity index (χ1n) is 13.3. The van der Waals surface area contributed by atoms with E-state index >= 15 is 0 Å². The lowest BCUT2D eigenvalue weighted by atomic mass is 9.91. The number of nitro groups is 1. The van der Waals surface area contributed by atoms with Crippen LogP contribution in [0.5, 0.6) is 23.0 Å². The number of esters is 1. The van der Waals surface area contributed by atoms with Crippen LogP contribution >= 0.6 is 22.9 Å². The number of fused-ring (bicyclic) bond motifs is 1. The van der Waals surface area contributed by atoms with Gasteiger partial charge in [-0.1, -0.05) is 17.7 Å². The molecule has 2 heterocycles. The van der Waals surface area contributed by atoms with E-state index in [1.54, 1.807) is 55.4 Å². The number of benzene rings is 3. The van der Waals surface area contributed by atoms with Crippen LogP contribution in [-0.2, 0) is 11.4 Å². The molecule has 228 valence electrons. The Morgan fingerprint density at radius 2 is 1.75 bits per heavy atom. The summed E-state index contributed by atoms with van der Waals surface area (Å²) >= 11 is 7.27. The molecule has 0 bridgehead atoms. The summed E-state index contributed by atoms with van der Waals surface area (Å²) in [5.74, 6) is 0.331. The Kier molecular flexibility index (Phi) is 8.40. The van der Waals surface area contributed by atoms with E-state index in [0.717, 1.165) is 0 Å². The molecule has 0 unspecified atom stereocenters. The van der Waals surface area contributed by atoms with E-state index in [-0.39, 0.29) is 34.6 Å². The van der Waals surface area contributed by atoms with E-state index in [2.05, 4.69) is 5.32 Å². The Bertz CT molecular complexity index is 1790. The molecule has 0 radical (unpaired) electrons. The summed E-state index contributed by atoms with van der Waals surface area (Å²) in [7, 11) is 4.61. The number of ether oxygens (including phenoxy) is 4. The van der Waals surface area contributed by atoms with Gasteiger partial charge in [0.25, 0.3) is 11.6 Å². The first-order chi connectivity index (χ1) is 20.9. The van der Waals surface area contributed by atoms with Crippen molar-refractivity contribution in [3.63, 3.8) is 0 Å². The van der Waals surface area contributed by atoms with E-state index in [4.69, 9.17) is 30.5 Å². The maximum absolute atomic E-state index is 13.3. The fourth-order valence-corrected chi connectivity index (χ4v) is 6.03. The van der Waals surface area contributed by atoms with Gasteiger partial charge in [-0.3, -0.25) is 14.9 Å². The summed E-state index contributed by atoms with van der Waals surface area (Å²) in [6, 6.07) is 14.4. The Hall–Kier alpha value is -4.81. The van der Waals surface area contributed by atoms with E-state index in [1.165, 1.54) is 43.8 Å². The summed E-state index contributed by atoms with van der Waals surface area (Å²) in [5, 5.41) is 16.8. The molecule has 1 amide bonds. The van der Waals surface area contributed by atoms with Gasteiger partial charge < -0.3 is 29.2 Å². The lowest BCUT2D eigenvalue weighted by molar-refractivity contribution is -0.385. The van der Waals surface area contributed by atoms with Crippen molar-refractivity contribution in [2.24, 2.45) is 0 Å². The van der Waals surface area contributed by atoms with Gasteiger partial charge in [-0.25, -0.2) is 4.79 Å². The van der Waals surface area contributed by atoms with Crippen LogP contribution in [-0.4, -0.2) is 43.6 Å². The summed E-state index contributed by atoms with van der Waals surface area (Å²) in [6.45, 7) is 3.49. The molecular weight excluding hydrogens is 610 g/mol. The first kappa shape index (κ1) is 30.6. The molecule has 4 aromatic rings. The maximum atomic E-state index is 13.3. The van der Waals surface area contributed by atoms with Gasteiger partial charge in [0.05, 0.1) is 41.6 Å². The average molecular weight is 638 g/mol. The largest absolute Gasteiger partial charge is 0.496 e. The number of halogens is 1. The van der Waals surface area contributed by atoms with E-state index in [0.29, 0.717) is 44.6 Å². The number of thiophene rings is 1. The average Bonchev–Trinajstić information content (AvgIpc) is 3.44. The number of methoxy groups -OCH3 is 2. The van der Waals surface area contributed by atoms with Gasteiger partial charge in [-0.2, -0.15) is 0 Å². The predicted octanol–water partition coefficient (Wildman–Crippen LogP) is 6.96. The van der Waals surface area contributed by atoms with Gasteiger partial charge >= 0.3 is 5.97 Å². The Morgan fingerprint density at radius 3 is 2.41 bits per heavy atom. The van der Waals surface area contributed by atoms with Crippen LogP contribution in [0.15, 0.2) is 60.0 Å². The molecule has 1 N–H and O–H groups in total. The third-order valence-corrected chi connectivity index (χ3v) is 8.43. The standard InChI is InChI=1S/C31H28ClN3O8S/c1-31(2)30(37)34(3)27-21(16-42-26-14-17(35(38)39)6-11-24(26)40-4)19(9-10-23(27)33-31)20-8-7-18(15-25(20)41-5)43-29(36)28-22(32)12-13-44-28/h6-15,33H,16H2,1-5H3. The third-order valence-electron chi connectivity index (χ3n) is 7.11. The summed E-state index contributed by atoms with van der Waals surface area (Å²) in [4.78, 5) is 38.8. The molecule has 13 heteroatoms. The molecular formula is C31H28ClN3O8S. The number of carbonyl (C=O) groups excluding carboxylic acids is 2. The zero-order valence-corrected chi connectivity index (χ0v) is 26.0. The third kappa shape index (κ3) is 5.73. The molecule has 5 rings (SSSR count). The summed E-state index contributed by atoms with van der Waals surface area (Å²) in [5.41, 5.74) is 2.12. The molecule has 0 spiro atoms. The Labute approximate surface area is 262 Å². The van der Waals surface area contributed by atoms with Crippen molar-refractivity contribution in [1.82, 2.24) is 0 Å². The van der Waals surface area contributed by atoms with E-state index in [1.807, 2.05) is 12.1 Å². The van der Waals surface area contributed by atoms with Crippen molar-refractivity contribution in [1.29, 1.82) is 0 Å². The van der Waals surface area contributed by atoms with E-state index < -0.39 is 16.4 Å². The highest BCUT2D eigenvalue weighted by atomic mass is 35.5. The molecule has 44 heavy (non-hydrogen) atoms. The topological polar surface area (TPSA) is 129 Å². The highest BCUT2D eigenvalue weighted by Crippen LogP contribution is 2.45. The summed E-state index contributed by atoms with van der Waals surface area (Å²) < 4.78 is 22.8. The van der Waals surface area contributed by atoms with Crippen LogP contribution in [0, 0.1) is 10.1 Å². The second-order valence-corrected chi connectivity index (χ2v) is 11.7. The van der Waals surface area contributed by atoms with Crippen molar-refractivity contribution in [3.05, 3.63) is 85.6 Å². The minimum absolute atomic E-state index is 0.0907. The lowest BCUT2D eigenvalue weighted by Crippen LogP contribution is -2.52. The summed E-state index contributed by atoms with van der Waals surface area (Å²) in [6.07, 6.45) is 0. The molecule has 1 aromatic heterocycles. The van der Waals surface area contributed by atoms with Crippen molar-refractivity contribution in [3.8, 4) is 34.1 Å². The van der Waals surface area contributed by atoms with Crippen molar-refractivity contribution in [2.75, 3.05) is 31.5 Å². The monoisotopic (exact) mass is 637 g/mol. The predicted molar refractivity (Wildman–Crippen MR) is 168 cm³/mol. The van der Waals surface area contributed by atoms with Crippen LogP contribution < -0.4 is 29.2 Å². The minimum Gasteiger partial charge on any atom is -0.496 e. The molecule has 0 atom stereocenters. The number of likely N-dealkylation sites (N-methyl/N-ethyl adjacent to an activating group) is 1. The van der Waals surface area contributed by atoms with Gasteiger partial charge in [0.2, 0.25) is 0 Å². The number of amides is 1. The molecule has 1 aliphatic heterocycles. The quantitative estimate of drug-likeness (QED) is 0.0896. The van der Waals surface area contributed by atoms with Crippen LogP contribution in [0.1, 0.15) is 29.1 Å². The van der Waals surface area contributed by atoms with Gasteiger partial charge in [-0.15, -0.1) is 11.3 Å². The van der Waals surface area contributed by atoms with Crippen molar-refractivity contribution in [2.45, 2.75) is 26.0 Å². The number of rotatable bonds is 9. The fourth-order valence-electron chi connectivity index (χ4n) is 5.02. The second-order valence-electron chi connectivity index (χ2n) is 10.3. The van der Waals surface area contributed by atoms with Crippen molar-refractivity contribution < 1.29 is 33.5 Å². The minimum atomic E-state index is -0.862. The first-order valence-corrected chi connectivity index (χ1v) is 14.5. The van der Waals surface area contributed by atoms with Gasteiger partial charge in [-0.05, 0) is 55.1 Å². The van der Waals surface area contributed by atoms with Crippen LogP contribution in [0.25, 0.3) is 11.1 Å². The second kappa shape index (κ2) is 12.1. The van der Waals surface area contributed by atoms with Crippen LogP contribution in [0.3, 0.4) is 0 Å². The number of anilines is 2. The molecule has 0 saturated carbocycles. The molecule has 1 aliphatic rings. The number of hydrogen-bond donors (Lipinski definition) is 1. The smallest absolute Gasteiger partial charge is 0.355 e. The number of carbonyl (C=O) groups is 2. The molecule has 0 saturated heterocycles. The zero-order valence-electron chi connectivity index (χ0n) is 24.4. The van der Waals surface area contributed by atoms with E-state index in [9.17, 15) is 19.7 Å². The van der Waals surface area contributed by atoms with Gasteiger partial charge in [0.1, 0.15) is 28.5 Å². The number of nitrogens with zero attached hydrogens (tertiary/aromatic N) is 2. The van der Waals surface area contributed by atoms with Gasteiger partial charge in [0.15, 0.2) is 11.5 Å². The number of non-ortho nitro benzene ring substituents is 1. The van der Waals surface area contributed by atoms with Crippen molar-refractivity contribution >= 4 is 51.9 Å². The number of hydrogen-bond acceptors (Lipinski definition) is 10. The van der Waals surface area contributed by atoms with Crippen LogP contribution in [0.2, 0.25) is 5.02 Å². The SMILES string of the molecule is COc1ccc([N+](=O)[O-])cc1OCc1c(-c2ccc(OC(=O)c3sccc3Cl)cc2OC)ccc2c1N(C)C(=O)C(C)(C)N2.